The van der Waals surface area contributed by atoms with E-state index in [1.807, 2.05) is 12.5 Å². The molecule has 0 aromatic heterocycles. The molecule has 2 heteroatoms. The average Bonchev–Trinajstić information content (AvgIpc) is 2.29. The maximum atomic E-state index is 10.2. The quantitative estimate of drug-likeness (QED) is 0.493. The van der Waals surface area contributed by atoms with E-state index in [1.165, 1.54) is 18.4 Å². The number of amides is 1. The Morgan fingerprint density at radius 3 is 2.53 bits per heavy atom. The first kappa shape index (κ1) is 11.8. The summed E-state index contributed by atoms with van der Waals surface area (Å²) in [5.41, 5.74) is 1.40. The molecule has 0 spiro atoms. The monoisotopic (exact) mass is 204 g/mol. The Kier molecular flexibility index (Phi) is 5.52. The molecule has 0 aliphatic rings. The second-order valence-corrected chi connectivity index (χ2v) is 3.81. The third kappa shape index (κ3) is 5.21. The predicted octanol–water partition coefficient (Wildman–Crippen LogP) is 2.40. The van der Waals surface area contributed by atoms with Gasteiger partial charge in [-0.2, -0.15) is 0 Å². The van der Waals surface area contributed by atoms with Crippen LogP contribution in [0.25, 0.3) is 0 Å². The van der Waals surface area contributed by atoms with E-state index in [0.717, 1.165) is 19.4 Å². The van der Waals surface area contributed by atoms with Gasteiger partial charge in [-0.3, -0.25) is 4.79 Å². The van der Waals surface area contributed by atoms with E-state index < -0.39 is 0 Å². The minimum absolute atomic E-state index is 0.818. The van der Waals surface area contributed by atoms with Crippen molar-refractivity contribution in [2.24, 2.45) is 0 Å². The van der Waals surface area contributed by atoms with Gasteiger partial charge in [0.1, 0.15) is 0 Å². The molecule has 1 amide bonds. The fourth-order valence-corrected chi connectivity index (χ4v) is 1.55. The summed E-state index contributed by atoms with van der Waals surface area (Å²) < 4.78 is 0. The summed E-state index contributed by atoms with van der Waals surface area (Å²) in [7, 11) is 1.77. The van der Waals surface area contributed by atoms with Crippen molar-refractivity contribution in [2.75, 3.05) is 13.6 Å². The topological polar surface area (TPSA) is 20.3 Å². The number of benzene rings is 1. The summed E-state index contributed by atoms with van der Waals surface area (Å²) in [6.07, 6.45) is 6.42. The molecular weight excluding hydrogens is 186 g/mol. The van der Waals surface area contributed by atoms with Crippen molar-refractivity contribution in [3.63, 3.8) is 0 Å². The Labute approximate surface area is 91.9 Å². The fraction of sp³-hybridized carbons (Fsp3) is 0.462. The highest BCUT2D eigenvalue weighted by Gasteiger charge is 1.95. The lowest BCUT2D eigenvalue weighted by Crippen LogP contribution is -2.16. The Bertz CT molecular complexity index is 271. The molecule has 0 atom stereocenters. The lowest BCUT2D eigenvalue weighted by atomic mass is 10.1. The third-order valence-corrected chi connectivity index (χ3v) is 2.46. The first-order valence-corrected chi connectivity index (χ1v) is 5.46. The number of rotatable bonds is 7. The van der Waals surface area contributed by atoms with E-state index in [1.54, 1.807) is 11.9 Å². The normalized spacial score (nSPS) is 9.93. The van der Waals surface area contributed by atoms with Crippen molar-refractivity contribution in [3.05, 3.63) is 35.9 Å². The molecule has 81 valence electrons. The van der Waals surface area contributed by atoms with Gasteiger partial charge in [-0.25, -0.2) is 0 Å². The number of unbranched alkanes of at least 4 members (excludes halogenated alkanes) is 2. The zero-order valence-electron chi connectivity index (χ0n) is 9.28. The molecule has 1 radical (unpaired) electrons. The van der Waals surface area contributed by atoms with E-state index in [-0.39, 0.29) is 0 Å². The molecule has 0 aliphatic heterocycles. The van der Waals surface area contributed by atoms with Crippen molar-refractivity contribution in [1.82, 2.24) is 4.90 Å². The van der Waals surface area contributed by atoms with Gasteiger partial charge in [0.2, 0.25) is 0 Å². The Morgan fingerprint density at radius 1 is 1.13 bits per heavy atom. The van der Waals surface area contributed by atoms with Gasteiger partial charge in [0.05, 0.1) is 0 Å². The van der Waals surface area contributed by atoms with Crippen molar-refractivity contribution in [3.8, 4) is 0 Å². The van der Waals surface area contributed by atoms with E-state index in [9.17, 15) is 4.79 Å². The van der Waals surface area contributed by atoms with Gasteiger partial charge < -0.3 is 4.90 Å². The maximum Gasteiger partial charge on any atom is 0.311 e. The van der Waals surface area contributed by atoms with E-state index in [4.69, 9.17) is 0 Å². The van der Waals surface area contributed by atoms with Crippen LogP contribution >= 0.6 is 0 Å². The molecular formula is C13H18NO. The lowest BCUT2D eigenvalue weighted by Gasteiger charge is -2.08. The SMILES string of the molecule is CN([C]=O)CCCCCc1ccccc1. The number of carbonyl (C=O) groups excluding carboxylic acids is 1. The molecule has 0 fully saturated rings. The highest BCUT2D eigenvalue weighted by Crippen LogP contribution is 2.06. The summed E-state index contributed by atoms with van der Waals surface area (Å²) in [6, 6.07) is 10.5. The van der Waals surface area contributed by atoms with Crippen molar-refractivity contribution in [2.45, 2.75) is 25.7 Å². The number of aryl methyl sites for hydroxylation is 1. The van der Waals surface area contributed by atoms with Gasteiger partial charge in [0.25, 0.3) is 0 Å². The Balaban J connectivity index is 2.05. The molecule has 0 unspecified atom stereocenters. The van der Waals surface area contributed by atoms with Gasteiger partial charge in [0.15, 0.2) is 0 Å². The molecule has 0 N–H and O–H groups in total. The first-order chi connectivity index (χ1) is 7.33. The van der Waals surface area contributed by atoms with Crippen molar-refractivity contribution >= 4 is 6.41 Å². The van der Waals surface area contributed by atoms with Gasteiger partial charge >= 0.3 is 6.41 Å². The highest BCUT2D eigenvalue weighted by atomic mass is 16.1. The predicted molar refractivity (Wildman–Crippen MR) is 62.3 cm³/mol. The molecule has 0 bridgehead atoms. The zero-order valence-corrected chi connectivity index (χ0v) is 9.28. The van der Waals surface area contributed by atoms with Crippen LogP contribution in [0.1, 0.15) is 24.8 Å². The molecule has 0 heterocycles. The zero-order chi connectivity index (χ0) is 10.9. The second-order valence-electron chi connectivity index (χ2n) is 3.81. The van der Waals surface area contributed by atoms with Gasteiger partial charge in [0, 0.05) is 13.6 Å². The minimum atomic E-state index is 0.818. The lowest BCUT2D eigenvalue weighted by molar-refractivity contribution is 0.420. The smallest absolute Gasteiger partial charge is 0.311 e. The number of hydrogen-bond donors (Lipinski definition) is 0. The van der Waals surface area contributed by atoms with E-state index in [0.29, 0.717) is 0 Å². The van der Waals surface area contributed by atoms with Gasteiger partial charge in [-0.15, -0.1) is 0 Å². The largest absolute Gasteiger partial charge is 0.338 e. The molecule has 1 aromatic rings. The summed E-state index contributed by atoms with van der Waals surface area (Å²) >= 11 is 0. The van der Waals surface area contributed by atoms with Crippen LogP contribution in [0, 0.1) is 0 Å². The van der Waals surface area contributed by atoms with Crippen LogP contribution in [0.5, 0.6) is 0 Å². The van der Waals surface area contributed by atoms with Crippen LogP contribution in [0.4, 0.5) is 0 Å². The average molecular weight is 204 g/mol. The third-order valence-electron chi connectivity index (χ3n) is 2.46. The molecule has 0 aliphatic carbocycles. The summed E-state index contributed by atoms with van der Waals surface area (Å²) in [6.45, 7) is 0.818. The number of hydrogen-bond acceptors (Lipinski definition) is 1. The number of nitrogens with zero attached hydrogens (tertiary/aromatic N) is 1. The molecule has 1 aromatic carbocycles. The minimum Gasteiger partial charge on any atom is -0.338 e. The van der Waals surface area contributed by atoms with Crippen LogP contribution in [0.3, 0.4) is 0 Å². The van der Waals surface area contributed by atoms with Crippen LogP contribution in [-0.4, -0.2) is 24.9 Å². The first-order valence-electron chi connectivity index (χ1n) is 5.46. The molecule has 2 nitrogen and oxygen atoms in total. The molecule has 0 saturated carbocycles. The van der Waals surface area contributed by atoms with Gasteiger partial charge in [-0.05, 0) is 24.8 Å². The van der Waals surface area contributed by atoms with E-state index in [2.05, 4.69) is 24.3 Å². The Morgan fingerprint density at radius 2 is 1.87 bits per heavy atom. The van der Waals surface area contributed by atoms with Gasteiger partial charge in [-0.1, -0.05) is 36.8 Å². The molecule has 1 rings (SSSR count). The van der Waals surface area contributed by atoms with Crippen LogP contribution in [0.15, 0.2) is 30.3 Å². The summed E-state index contributed by atoms with van der Waals surface area (Å²) in [4.78, 5) is 11.8. The fourth-order valence-electron chi connectivity index (χ4n) is 1.55. The molecule has 0 saturated heterocycles. The second kappa shape index (κ2) is 7.04. The molecule has 15 heavy (non-hydrogen) atoms. The highest BCUT2D eigenvalue weighted by molar-refractivity contribution is 5.47. The van der Waals surface area contributed by atoms with Crippen molar-refractivity contribution < 1.29 is 4.79 Å². The standard InChI is InChI=1S/C13H18NO/c1-14(12-15)11-7-3-6-10-13-8-4-2-5-9-13/h2,4-5,8-9H,3,6-7,10-11H2,1H3. The Hall–Kier alpha value is -1.31. The summed E-state index contributed by atoms with van der Waals surface area (Å²) in [5, 5.41) is 0. The summed E-state index contributed by atoms with van der Waals surface area (Å²) in [5.74, 6) is 0. The van der Waals surface area contributed by atoms with E-state index >= 15 is 0 Å². The van der Waals surface area contributed by atoms with Crippen molar-refractivity contribution in [1.29, 1.82) is 0 Å². The van der Waals surface area contributed by atoms with Crippen LogP contribution < -0.4 is 0 Å². The van der Waals surface area contributed by atoms with Crippen LogP contribution in [-0.2, 0) is 11.2 Å². The maximum absolute atomic E-state index is 10.2. The van der Waals surface area contributed by atoms with Crippen LogP contribution in [0.2, 0.25) is 0 Å².